The molecule has 0 radical (unpaired) electrons. The molecule has 0 N–H and O–H groups in total. The van der Waals surface area contributed by atoms with Crippen LogP contribution >= 0.6 is 0 Å². The Bertz CT molecular complexity index is 368. The molecule has 0 aliphatic rings. The first-order valence-electron chi connectivity index (χ1n) is 12.5. The molecule has 0 fully saturated rings. The molecule has 1 aromatic rings. The Morgan fingerprint density at radius 1 is 0.407 bits per heavy atom. The summed E-state index contributed by atoms with van der Waals surface area (Å²) in [5.41, 5.74) is 0. The minimum atomic E-state index is 1.20. The first-order chi connectivity index (χ1) is 13.4. The van der Waals surface area contributed by atoms with Crippen LogP contribution in [0.1, 0.15) is 135 Å². The van der Waals surface area contributed by atoms with Crippen LogP contribution in [0.25, 0.3) is 0 Å². The summed E-state index contributed by atoms with van der Waals surface area (Å²) in [5.74, 6) is 0. The summed E-state index contributed by atoms with van der Waals surface area (Å²) in [7, 11) is 0. The zero-order valence-electron chi connectivity index (χ0n) is 18.6. The zero-order chi connectivity index (χ0) is 19.3. The summed E-state index contributed by atoms with van der Waals surface area (Å²) in [6.45, 7) is 3.50. The van der Waals surface area contributed by atoms with Gasteiger partial charge in [-0.15, -0.1) is 0 Å². The van der Waals surface area contributed by atoms with Crippen LogP contribution in [-0.4, -0.2) is 4.57 Å². The van der Waals surface area contributed by atoms with E-state index in [0.29, 0.717) is 0 Å². The Labute approximate surface area is 171 Å². The lowest BCUT2D eigenvalue weighted by Gasteiger charge is -2.04. The minimum Gasteiger partial charge on any atom is -0.354 e. The molecule has 1 nitrogen and oxygen atoms in total. The van der Waals surface area contributed by atoms with Gasteiger partial charge in [0.2, 0.25) is 0 Å². The Balaban J connectivity index is 1.64. The van der Waals surface area contributed by atoms with Gasteiger partial charge in [-0.2, -0.15) is 0 Å². The van der Waals surface area contributed by atoms with E-state index in [9.17, 15) is 0 Å². The van der Waals surface area contributed by atoms with Crippen molar-refractivity contribution in [1.82, 2.24) is 4.57 Å². The van der Waals surface area contributed by atoms with Crippen LogP contribution in [-0.2, 0) is 6.54 Å². The summed E-state index contributed by atoms with van der Waals surface area (Å²) in [5, 5.41) is 0. The Kier molecular flexibility index (Phi) is 18.0. The molecule has 158 valence electrons. The fourth-order valence-corrected chi connectivity index (χ4v) is 4.07. The molecule has 1 rings (SSSR count). The van der Waals surface area contributed by atoms with Gasteiger partial charge in [-0.25, -0.2) is 0 Å². The largest absolute Gasteiger partial charge is 0.354 e. The maximum absolute atomic E-state index is 2.30. The summed E-state index contributed by atoms with van der Waals surface area (Å²) in [6, 6.07) is 4.24. The van der Waals surface area contributed by atoms with E-state index in [4.69, 9.17) is 0 Å². The molecule has 0 unspecified atom stereocenters. The molecular formula is C26H49N. The van der Waals surface area contributed by atoms with Crippen LogP contribution < -0.4 is 0 Å². The Hall–Kier alpha value is -0.720. The second-order valence-electron chi connectivity index (χ2n) is 8.64. The van der Waals surface area contributed by atoms with Gasteiger partial charge in [0.05, 0.1) is 0 Å². The highest BCUT2D eigenvalue weighted by atomic mass is 14.9. The van der Waals surface area contributed by atoms with E-state index < -0.39 is 0 Å². The molecule has 0 saturated carbocycles. The third-order valence-corrected chi connectivity index (χ3v) is 5.94. The van der Waals surface area contributed by atoms with Crippen LogP contribution in [0.2, 0.25) is 0 Å². The van der Waals surface area contributed by atoms with Crippen molar-refractivity contribution in [3.8, 4) is 0 Å². The topological polar surface area (TPSA) is 4.93 Å². The molecule has 0 aliphatic carbocycles. The highest BCUT2D eigenvalue weighted by Gasteiger charge is 1.95. The normalized spacial score (nSPS) is 11.3. The van der Waals surface area contributed by atoms with Gasteiger partial charge >= 0.3 is 0 Å². The highest BCUT2D eigenvalue weighted by Crippen LogP contribution is 2.14. The van der Waals surface area contributed by atoms with Gasteiger partial charge in [-0.05, 0) is 18.6 Å². The fraction of sp³-hybridized carbons (Fsp3) is 0.846. The number of aryl methyl sites for hydroxylation is 1. The van der Waals surface area contributed by atoms with Crippen molar-refractivity contribution in [2.24, 2.45) is 0 Å². The van der Waals surface area contributed by atoms with E-state index >= 15 is 0 Å². The fourth-order valence-electron chi connectivity index (χ4n) is 4.07. The molecule has 27 heavy (non-hydrogen) atoms. The summed E-state index contributed by atoms with van der Waals surface area (Å²) < 4.78 is 2.30. The van der Waals surface area contributed by atoms with E-state index in [1.165, 1.54) is 135 Å². The van der Waals surface area contributed by atoms with Crippen molar-refractivity contribution >= 4 is 0 Å². The molecule has 1 heteroatoms. The quantitative estimate of drug-likeness (QED) is 0.189. The van der Waals surface area contributed by atoms with E-state index in [-0.39, 0.29) is 0 Å². The van der Waals surface area contributed by atoms with Crippen molar-refractivity contribution in [1.29, 1.82) is 0 Å². The monoisotopic (exact) mass is 375 g/mol. The second kappa shape index (κ2) is 20.0. The van der Waals surface area contributed by atoms with E-state index in [2.05, 4.69) is 36.0 Å². The first kappa shape index (κ1) is 24.3. The molecule has 0 spiro atoms. The molecule has 0 saturated heterocycles. The lowest BCUT2D eigenvalue weighted by atomic mass is 10.0. The van der Waals surface area contributed by atoms with Gasteiger partial charge in [-0.1, -0.05) is 129 Å². The number of rotatable bonds is 21. The molecule has 0 aliphatic heterocycles. The minimum absolute atomic E-state index is 1.20. The third-order valence-electron chi connectivity index (χ3n) is 5.94. The Morgan fingerprint density at radius 3 is 1.04 bits per heavy atom. The van der Waals surface area contributed by atoms with Crippen molar-refractivity contribution in [3.05, 3.63) is 24.5 Å². The predicted molar refractivity (Wildman–Crippen MR) is 122 cm³/mol. The SMILES string of the molecule is CCCCCCCCCCCCCCCCCCCCCCn1cccc1. The maximum atomic E-state index is 2.30. The molecule has 0 amide bonds. The molecular weight excluding hydrogens is 326 g/mol. The smallest absolute Gasteiger partial charge is 0.0219 e. The molecule has 0 bridgehead atoms. The average molecular weight is 376 g/mol. The van der Waals surface area contributed by atoms with Crippen LogP contribution in [0, 0.1) is 0 Å². The van der Waals surface area contributed by atoms with Crippen molar-refractivity contribution in [2.45, 2.75) is 142 Å². The maximum Gasteiger partial charge on any atom is 0.0219 e. The standard InChI is InChI=1S/C26H49N/c1-2-3-4-5-6-7-8-9-10-11-12-13-14-15-16-17-18-19-20-21-24-27-25-22-23-26-27/h22-23,25-26H,2-21,24H2,1H3. The van der Waals surface area contributed by atoms with E-state index in [1.807, 2.05) is 0 Å². The van der Waals surface area contributed by atoms with Gasteiger partial charge in [0.15, 0.2) is 0 Å². The molecule has 0 atom stereocenters. The second-order valence-corrected chi connectivity index (χ2v) is 8.64. The van der Waals surface area contributed by atoms with Crippen LogP contribution in [0.3, 0.4) is 0 Å². The van der Waals surface area contributed by atoms with Gasteiger partial charge in [0.1, 0.15) is 0 Å². The first-order valence-corrected chi connectivity index (χ1v) is 12.5. The highest BCUT2D eigenvalue weighted by molar-refractivity contribution is 4.89. The van der Waals surface area contributed by atoms with Crippen molar-refractivity contribution < 1.29 is 0 Å². The van der Waals surface area contributed by atoms with E-state index in [1.54, 1.807) is 0 Å². The van der Waals surface area contributed by atoms with Gasteiger partial charge < -0.3 is 4.57 Å². The van der Waals surface area contributed by atoms with Crippen molar-refractivity contribution in [3.63, 3.8) is 0 Å². The molecule has 1 heterocycles. The molecule has 1 aromatic heterocycles. The number of hydrogen-bond donors (Lipinski definition) is 0. The van der Waals surface area contributed by atoms with Gasteiger partial charge in [0, 0.05) is 18.9 Å². The van der Waals surface area contributed by atoms with E-state index in [0.717, 1.165) is 0 Å². The number of unbranched alkanes of at least 4 members (excludes halogenated alkanes) is 19. The molecule has 0 aromatic carbocycles. The summed E-state index contributed by atoms with van der Waals surface area (Å²) >= 11 is 0. The lowest BCUT2D eigenvalue weighted by Crippen LogP contribution is -1.93. The summed E-state index contributed by atoms with van der Waals surface area (Å²) in [6.07, 6.45) is 33.5. The predicted octanol–water partition coefficient (Wildman–Crippen LogP) is 9.31. The Morgan fingerprint density at radius 2 is 0.704 bits per heavy atom. The van der Waals surface area contributed by atoms with Crippen LogP contribution in [0.5, 0.6) is 0 Å². The number of nitrogens with zero attached hydrogens (tertiary/aromatic N) is 1. The van der Waals surface area contributed by atoms with Crippen LogP contribution in [0.4, 0.5) is 0 Å². The zero-order valence-corrected chi connectivity index (χ0v) is 18.6. The number of aromatic nitrogens is 1. The summed E-state index contributed by atoms with van der Waals surface area (Å²) in [4.78, 5) is 0. The third kappa shape index (κ3) is 17.1. The van der Waals surface area contributed by atoms with Gasteiger partial charge in [-0.3, -0.25) is 0 Å². The van der Waals surface area contributed by atoms with Gasteiger partial charge in [0.25, 0.3) is 0 Å². The average Bonchev–Trinajstić information content (AvgIpc) is 3.20. The van der Waals surface area contributed by atoms with Crippen LogP contribution in [0.15, 0.2) is 24.5 Å². The number of hydrogen-bond acceptors (Lipinski definition) is 0. The lowest BCUT2D eigenvalue weighted by molar-refractivity contribution is 0.516. The van der Waals surface area contributed by atoms with Crippen molar-refractivity contribution in [2.75, 3.05) is 0 Å².